The van der Waals surface area contributed by atoms with Gasteiger partial charge in [0.1, 0.15) is 11.6 Å². The Morgan fingerprint density at radius 3 is 2.81 bits per heavy atom. The fourth-order valence-corrected chi connectivity index (χ4v) is 2.01. The van der Waals surface area contributed by atoms with Gasteiger partial charge in [0.05, 0.1) is 5.92 Å². The van der Waals surface area contributed by atoms with Crippen LogP contribution in [0.5, 0.6) is 0 Å². The minimum absolute atomic E-state index is 0.262. The first kappa shape index (κ1) is 15.0. The van der Waals surface area contributed by atoms with E-state index in [4.69, 9.17) is 9.63 Å². The van der Waals surface area contributed by atoms with E-state index in [1.807, 2.05) is 0 Å². The van der Waals surface area contributed by atoms with Gasteiger partial charge < -0.3 is 14.5 Å². The lowest BCUT2D eigenvalue weighted by atomic mass is 10.1. The van der Waals surface area contributed by atoms with E-state index >= 15 is 0 Å². The number of carbonyl (C=O) groups is 1. The molecular formula is C15H17FN2O3. The predicted octanol–water partition coefficient (Wildman–Crippen LogP) is 2.85. The predicted molar refractivity (Wildman–Crippen MR) is 75.5 cm³/mol. The number of aromatic nitrogens is 1. The van der Waals surface area contributed by atoms with E-state index in [-0.39, 0.29) is 12.4 Å². The van der Waals surface area contributed by atoms with Crippen molar-refractivity contribution in [3.05, 3.63) is 47.5 Å². The van der Waals surface area contributed by atoms with Crippen molar-refractivity contribution >= 4 is 11.8 Å². The fraction of sp³-hybridized carbons (Fsp3) is 0.333. The quantitative estimate of drug-likeness (QED) is 0.886. The Morgan fingerprint density at radius 2 is 2.24 bits per heavy atom. The number of halogens is 1. The van der Waals surface area contributed by atoms with Crippen LogP contribution >= 0.6 is 0 Å². The van der Waals surface area contributed by atoms with Gasteiger partial charge in [0, 0.05) is 19.2 Å². The number of anilines is 1. The molecule has 0 saturated carbocycles. The van der Waals surface area contributed by atoms with Gasteiger partial charge in [-0.1, -0.05) is 24.2 Å². The molecule has 6 heteroatoms. The summed E-state index contributed by atoms with van der Waals surface area (Å²) in [7, 11) is 0. The molecule has 1 aromatic heterocycles. The summed E-state index contributed by atoms with van der Waals surface area (Å²) < 4.78 is 18.3. The van der Waals surface area contributed by atoms with Gasteiger partial charge in [0.2, 0.25) is 0 Å². The Bertz CT molecular complexity index is 627. The van der Waals surface area contributed by atoms with Crippen LogP contribution in [0.3, 0.4) is 0 Å². The summed E-state index contributed by atoms with van der Waals surface area (Å²) in [5.41, 5.74) is 0.744. The van der Waals surface area contributed by atoms with Crippen molar-refractivity contribution in [2.45, 2.75) is 20.4 Å². The highest BCUT2D eigenvalue weighted by molar-refractivity contribution is 5.70. The van der Waals surface area contributed by atoms with E-state index in [0.29, 0.717) is 18.1 Å². The Balaban J connectivity index is 2.21. The first-order valence-corrected chi connectivity index (χ1v) is 6.61. The molecule has 0 spiro atoms. The van der Waals surface area contributed by atoms with E-state index in [2.05, 4.69) is 5.16 Å². The average molecular weight is 292 g/mol. The van der Waals surface area contributed by atoms with Crippen LogP contribution in [0.15, 0.2) is 34.9 Å². The number of hydrogen-bond donors (Lipinski definition) is 1. The number of rotatable bonds is 6. The molecule has 0 aliphatic heterocycles. The lowest BCUT2D eigenvalue weighted by Crippen LogP contribution is -2.31. The molecule has 0 fully saturated rings. The number of hydrogen-bond acceptors (Lipinski definition) is 4. The highest BCUT2D eigenvalue weighted by Gasteiger charge is 2.19. The van der Waals surface area contributed by atoms with E-state index in [1.54, 1.807) is 36.9 Å². The van der Waals surface area contributed by atoms with Crippen LogP contribution in [-0.2, 0) is 11.3 Å². The van der Waals surface area contributed by atoms with Crippen molar-refractivity contribution in [2.24, 2.45) is 5.92 Å². The zero-order chi connectivity index (χ0) is 15.4. The van der Waals surface area contributed by atoms with Crippen LogP contribution in [0.4, 0.5) is 10.2 Å². The maximum Gasteiger partial charge on any atom is 0.308 e. The second kappa shape index (κ2) is 6.39. The third-order valence-electron chi connectivity index (χ3n) is 3.12. The van der Waals surface area contributed by atoms with Crippen LogP contribution in [0.25, 0.3) is 0 Å². The molecule has 1 atom stereocenters. The van der Waals surface area contributed by atoms with Gasteiger partial charge in [0.25, 0.3) is 0 Å². The van der Waals surface area contributed by atoms with Gasteiger partial charge in [-0.05, 0) is 24.6 Å². The van der Waals surface area contributed by atoms with Gasteiger partial charge in [-0.15, -0.1) is 0 Å². The van der Waals surface area contributed by atoms with Crippen molar-refractivity contribution in [3.63, 3.8) is 0 Å². The minimum Gasteiger partial charge on any atom is -0.481 e. The third-order valence-corrected chi connectivity index (χ3v) is 3.12. The Morgan fingerprint density at radius 1 is 1.48 bits per heavy atom. The number of nitrogens with zero attached hydrogens (tertiary/aromatic N) is 2. The molecule has 1 N–H and O–H groups in total. The smallest absolute Gasteiger partial charge is 0.308 e. The molecule has 0 aliphatic rings. The van der Waals surface area contributed by atoms with E-state index in [0.717, 1.165) is 5.56 Å². The molecule has 1 unspecified atom stereocenters. The number of carboxylic acids is 1. The molecule has 1 aromatic carbocycles. The SMILES string of the molecule is Cc1cc(N(Cc2cccc(F)c2)CC(C)C(=O)O)no1. The summed E-state index contributed by atoms with van der Waals surface area (Å²) in [5, 5.41) is 13.0. The lowest BCUT2D eigenvalue weighted by Gasteiger charge is -2.23. The second-order valence-electron chi connectivity index (χ2n) is 5.05. The molecule has 1 heterocycles. The Kier molecular flexibility index (Phi) is 4.57. The number of aliphatic carboxylic acids is 1. The van der Waals surface area contributed by atoms with E-state index in [9.17, 15) is 9.18 Å². The van der Waals surface area contributed by atoms with Crippen molar-refractivity contribution in [2.75, 3.05) is 11.4 Å². The first-order valence-electron chi connectivity index (χ1n) is 6.61. The maximum absolute atomic E-state index is 13.3. The van der Waals surface area contributed by atoms with Gasteiger partial charge >= 0.3 is 5.97 Å². The molecule has 2 rings (SSSR count). The summed E-state index contributed by atoms with van der Waals surface area (Å²) in [4.78, 5) is 12.8. The molecule has 0 saturated heterocycles. The zero-order valence-corrected chi connectivity index (χ0v) is 11.9. The van der Waals surface area contributed by atoms with Gasteiger partial charge in [-0.25, -0.2) is 4.39 Å². The summed E-state index contributed by atoms with van der Waals surface area (Å²) in [6, 6.07) is 7.93. The molecule has 2 aromatic rings. The van der Waals surface area contributed by atoms with Crippen LogP contribution < -0.4 is 4.90 Å². The number of benzene rings is 1. The van der Waals surface area contributed by atoms with Gasteiger partial charge in [-0.3, -0.25) is 4.79 Å². The summed E-state index contributed by atoms with van der Waals surface area (Å²) in [6.45, 7) is 4.00. The van der Waals surface area contributed by atoms with Crippen molar-refractivity contribution in [3.8, 4) is 0 Å². The van der Waals surface area contributed by atoms with Crippen LogP contribution in [-0.4, -0.2) is 22.8 Å². The number of carboxylic acid groups (broad SMARTS) is 1. The molecular weight excluding hydrogens is 275 g/mol. The minimum atomic E-state index is -0.889. The van der Waals surface area contributed by atoms with Crippen molar-refractivity contribution < 1.29 is 18.8 Å². The molecule has 0 amide bonds. The lowest BCUT2D eigenvalue weighted by molar-refractivity contribution is -0.140. The van der Waals surface area contributed by atoms with Crippen molar-refractivity contribution in [1.29, 1.82) is 0 Å². The Hall–Kier alpha value is -2.37. The average Bonchev–Trinajstić information content (AvgIpc) is 2.84. The molecule has 0 aliphatic carbocycles. The van der Waals surface area contributed by atoms with Crippen LogP contribution in [0.1, 0.15) is 18.2 Å². The van der Waals surface area contributed by atoms with E-state index in [1.165, 1.54) is 12.1 Å². The van der Waals surface area contributed by atoms with Crippen LogP contribution in [0, 0.1) is 18.7 Å². The highest BCUT2D eigenvalue weighted by Crippen LogP contribution is 2.19. The maximum atomic E-state index is 13.3. The molecule has 0 radical (unpaired) electrons. The molecule has 0 bridgehead atoms. The largest absolute Gasteiger partial charge is 0.481 e. The van der Waals surface area contributed by atoms with E-state index < -0.39 is 11.9 Å². The second-order valence-corrected chi connectivity index (χ2v) is 5.05. The highest BCUT2D eigenvalue weighted by atomic mass is 19.1. The molecule has 5 nitrogen and oxygen atoms in total. The van der Waals surface area contributed by atoms with Crippen molar-refractivity contribution in [1.82, 2.24) is 5.16 Å². The fourth-order valence-electron chi connectivity index (χ4n) is 2.01. The van der Waals surface area contributed by atoms with Gasteiger partial charge in [-0.2, -0.15) is 0 Å². The van der Waals surface area contributed by atoms with Gasteiger partial charge in [0.15, 0.2) is 5.82 Å². The monoisotopic (exact) mass is 292 g/mol. The Labute approximate surface area is 122 Å². The molecule has 21 heavy (non-hydrogen) atoms. The number of aryl methyl sites for hydroxylation is 1. The summed E-state index contributed by atoms with van der Waals surface area (Å²) >= 11 is 0. The standard InChI is InChI=1S/C15H17FN2O3/c1-10(15(19)20)8-18(14-6-11(2)21-17-14)9-12-4-3-5-13(16)7-12/h3-7,10H,8-9H2,1-2H3,(H,19,20). The molecule has 112 valence electrons. The van der Waals surface area contributed by atoms with Crippen LogP contribution in [0.2, 0.25) is 0 Å². The first-order chi connectivity index (χ1) is 9.95. The summed E-state index contributed by atoms with van der Waals surface area (Å²) in [5.74, 6) is -0.604. The third kappa shape index (κ3) is 4.05. The summed E-state index contributed by atoms with van der Waals surface area (Å²) in [6.07, 6.45) is 0. The topological polar surface area (TPSA) is 66.6 Å². The zero-order valence-electron chi connectivity index (χ0n) is 11.9. The normalized spacial score (nSPS) is 12.1.